The van der Waals surface area contributed by atoms with Gasteiger partial charge in [0.2, 0.25) is 11.6 Å². The first-order valence-corrected chi connectivity index (χ1v) is 51.5. The second-order valence-corrected chi connectivity index (χ2v) is 40.0. The van der Waals surface area contributed by atoms with Crippen LogP contribution in [0.1, 0.15) is 248 Å². The summed E-state index contributed by atoms with van der Waals surface area (Å²) in [6.07, 6.45) is 37.6. The number of nitrogens with zero attached hydrogens (tertiary/aromatic N) is 18. The normalized spacial score (nSPS) is 15.3. The Bertz CT molecular complexity index is 8060. The van der Waals surface area contributed by atoms with Crippen molar-refractivity contribution >= 4 is 135 Å². The molecule has 6 aliphatic rings. The highest BCUT2D eigenvalue weighted by Crippen LogP contribution is 2.45. The lowest BCUT2D eigenvalue weighted by Gasteiger charge is -2.30. The van der Waals surface area contributed by atoms with Gasteiger partial charge >= 0.3 is 0 Å². The van der Waals surface area contributed by atoms with Gasteiger partial charge < -0.3 is 40.6 Å². The Hall–Kier alpha value is -15.8. The summed E-state index contributed by atoms with van der Waals surface area (Å²) < 4.78 is 5.52. The summed E-state index contributed by atoms with van der Waals surface area (Å²) in [5, 5.41) is 89.0. The Kier molecular flexibility index (Phi) is 30.1. The van der Waals surface area contributed by atoms with Crippen LogP contribution in [0.15, 0.2) is 121 Å². The minimum atomic E-state index is -0.557. The SMILES string of the molecule is C=Cc1[nH]nc(C(=O)N2CCC2)c1-c1cnc(C(C=N)=C(C)N)cc1CCCC.Cc1[nH]ncc1-c1nc2ccc3[nH]nc(C(=O)CO)c3c2c2c1CCCC2.Cc1[nH]ncc1-c1nc2ccc3[nH]nc(C(=O)N(C)C)c3c2c2c1CCCC2.Cc1[nH]ncc1-c1nc2ccc3[nH]nc(C(=O)N4CCC[C@@H](C)C4)c3c2c2c1CCCC2.Cc1[nH]ncc1C(=Nc1ccc2[nH]nc(C(=O)COCCN(C)C)c2c1)C1=CCCCC1. The zero-order valence-electron chi connectivity index (χ0n) is 85.9. The number of H-pyrrole nitrogens is 9. The molecular weight excluding hydrogens is 1860 g/mol. The van der Waals surface area contributed by atoms with Crippen molar-refractivity contribution in [2.24, 2.45) is 16.6 Å². The van der Waals surface area contributed by atoms with Crippen molar-refractivity contribution in [3.63, 3.8) is 0 Å². The van der Waals surface area contributed by atoms with E-state index < -0.39 is 6.61 Å². The van der Waals surface area contributed by atoms with Crippen LogP contribution in [0.25, 0.3) is 133 Å². The molecule has 13 N–H and O–H groups in total. The van der Waals surface area contributed by atoms with E-state index in [9.17, 15) is 29.1 Å². The number of benzene rings is 4. The Morgan fingerprint density at radius 3 is 1.53 bits per heavy atom. The van der Waals surface area contributed by atoms with Gasteiger partial charge in [-0.25, -0.2) is 19.9 Å². The molecule has 0 saturated carbocycles. The number of nitrogens with one attached hydrogen (secondary N) is 10. The summed E-state index contributed by atoms with van der Waals surface area (Å²) in [6.45, 7) is 21.9. The molecule has 0 unspecified atom stereocenters. The van der Waals surface area contributed by atoms with E-state index in [1.165, 1.54) is 58.0 Å². The molecule has 0 spiro atoms. The molecule has 0 bridgehead atoms. The highest BCUT2D eigenvalue weighted by atomic mass is 16.5. The van der Waals surface area contributed by atoms with Crippen LogP contribution >= 0.6 is 0 Å². The number of hydrogen-bond acceptors (Lipinski definition) is 24. The van der Waals surface area contributed by atoms with Gasteiger partial charge in [-0.3, -0.25) is 74.8 Å². The van der Waals surface area contributed by atoms with E-state index in [1.54, 1.807) is 43.1 Å². The number of pyridine rings is 4. The van der Waals surface area contributed by atoms with Crippen LogP contribution < -0.4 is 5.73 Å². The lowest BCUT2D eigenvalue weighted by Crippen LogP contribution is -2.42. The van der Waals surface area contributed by atoms with E-state index in [-0.39, 0.29) is 35.9 Å². The number of likely N-dealkylation sites (N-methyl/N-ethyl adjacent to an activating group) is 1. The Morgan fingerprint density at radius 1 is 0.547 bits per heavy atom. The molecule has 36 nitrogen and oxygen atoms in total. The quantitative estimate of drug-likeness (QED) is 0.0152. The van der Waals surface area contributed by atoms with Gasteiger partial charge in [-0.15, -0.1) is 0 Å². The van der Waals surface area contributed by atoms with Crippen LogP contribution in [-0.2, 0) is 49.7 Å². The van der Waals surface area contributed by atoms with Gasteiger partial charge in [0.15, 0.2) is 17.1 Å². The first-order chi connectivity index (χ1) is 71.9. The molecule has 2 fully saturated rings. The van der Waals surface area contributed by atoms with Crippen molar-refractivity contribution in [2.45, 2.75) is 190 Å². The summed E-state index contributed by atoms with van der Waals surface area (Å²) >= 11 is 0. The number of Topliss-reactive ketones (excluding diaryl/α,β-unsaturated/α-hetero) is 2. The fraction of sp³-hybridized carbons (Fsp3) is 0.375. The maximum absolute atomic E-state index is 13.5. The number of rotatable bonds is 24. The molecule has 0 radical (unpaired) electrons. The zero-order chi connectivity index (χ0) is 103. The Balaban J connectivity index is 0.000000117. The van der Waals surface area contributed by atoms with Gasteiger partial charge in [-0.1, -0.05) is 32.9 Å². The van der Waals surface area contributed by atoms with Gasteiger partial charge in [0.1, 0.15) is 24.6 Å². The molecule has 4 aromatic carbocycles. The number of aryl methyl sites for hydroxylation is 8. The fourth-order valence-electron chi connectivity index (χ4n) is 21.4. The van der Waals surface area contributed by atoms with Crippen molar-refractivity contribution in [1.29, 1.82) is 5.41 Å². The summed E-state index contributed by atoms with van der Waals surface area (Å²) in [4.78, 5) is 96.2. The number of allylic oxidation sites excluding steroid dienone is 4. The van der Waals surface area contributed by atoms with Crippen molar-refractivity contribution in [1.82, 2.24) is 131 Å². The zero-order valence-corrected chi connectivity index (χ0v) is 85.9. The first kappa shape index (κ1) is 101. The number of aliphatic imine (C=N–C) groups is 1. The van der Waals surface area contributed by atoms with Gasteiger partial charge in [0.25, 0.3) is 17.7 Å². The van der Waals surface area contributed by atoms with Crippen LogP contribution in [0.2, 0.25) is 0 Å². The number of ether oxygens (including phenoxy) is 1. The largest absolute Gasteiger partial charge is 0.402 e. The molecule has 148 heavy (non-hydrogen) atoms. The third-order valence-corrected chi connectivity index (χ3v) is 29.3. The number of carbonyl (C=O) groups excluding carboxylic acids is 5. The second-order valence-electron chi connectivity index (χ2n) is 40.0. The number of carbonyl (C=O) groups is 5. The number of aliphatic hydroxyl groups is 1. The number of fused-ring (bicyclic) bond motifs is 16. The van der Waals surface area contributed by atoms with Crippen LogP contribution in [0.4, 0.5) is 5.69 Å². The van der Waals surface area contributed by atoms with E-state index in [4.69, 9.17) is 35.8 Å². The molecule has 2 saturated heterocycles. The molecular formula is C112H127N29O7. The topological polar surface area (TPSA) is 500 Å². The molecule has 762 valence electrons. The number of amides is 3. The van der Waals surface area contributed by atoms with E-state index >= 15 is 0 Å². The number of hydrogen-bond donors (Lipinski definition) is 12. The predicted molar refractivity (Wildman–Crippen MR) is 577 cm³/mol. The van der Waals surface area contributed by atoms with Crippen LogP contribution in [0.5, 0.6) is 0 Å². The second kappa shape index (κ2) is 44.2. The Labute approximate surface area is 855 Å². The number of unbranched alkanes of at least 4 members (excludes halogenated alkanes) is 1. The maximum Gasteiger partial charge on any atom is 0.275 e. The third-order valence-electron chi connectivity index (χ3n) is 29.3. The van der Waals surface area contributed by atoms with Crippen LogP contribution in [0.3, 0.4) is 0 Å². The van der Waals surface area contributed by atoms with E-state index in [0.717, 1.165) is 328 Å². The number of piperidine rings is 1. The minimum absolute atomic E-state index is 0.00758. The molecule has 15 heterocycles. The van der Waals surface area contributed by atoms with Crippen LogP contribution in [0, 0.1) is 39.0 Å². The van der Waals surface area contributed by atoms with Crippen LogP contribution in [-0.4, -0.2) is 258 Å². The molecule has 3 amide bonds. The summed E-state index contributed by atoms with van der Waals surface area (Å²) in [5.41, 5.74) is 41.1. The third kappa shape index (κ3) is 20.2. The molecule has 13 aromatic heterocycles. The molecule has 17 aromatic rings. The highest BCUT2D eigenvalue weighted by Gasteiger charge is 2.35. The van der Waals surface area contributed by atoms with Gasteiger partial charge in [-0.05, 0) is 301 Å². The number of aliphatic hydroxyl groups excluding tert-OH is 1. The average Bonchev–Trinajstić information content (AvgIpc) is 1.48. The monoisotopic (exact) mass is 1990 g/mol. The van der Waals surface area contributed by atoms with Gasteiger partial charge in [0.05, 0.1) is 110 Å². The first-order valence-electron chi connectivity index (χ1n) is 51.5. The minimum Gasteiger partial charge on any atom is -0.402 e. The molecule has 36 heteroatoms. The maximum atomic E-state index is 13.5. The summed E-state index contributed by atoms with van der Waals surface area (Å²) in [5.74, 6) is -0.124. The fourth-order valence-corrected chi connectivity index (χ4v) is 21.4. The van der Waals surface area contributed by atoms with Gasteiger partial charge in [-0.2, -0.15) is 45.9 Å². The smallest absolute Gasteiger partial charge is 0.275 e. The lowest BCUT2D eigenvalue weighted by atomic mass is 9.85. The van der Waals surface area contributed by atoms with E-state index in [2.05, 4.69) is 129 Å². The van der Waals surface area contributed by atoms with Crippen molar-refractivity contribution in [2.75, 3.05) is 80.7 Å². The standard InChI is InChI=1S/C25H28N6O.C24H30N6O2.C22H28N6O.C21H22N6O.C20H19N5O2/c1-14-6-5-11-31(13-14)25(32)24-22-20(29-30-24)10-9-19-21(22)16-7-3-4-8-17(16)23(27-19)18-12-26-28-15(18)2;1-16-20(14-25-27-16)23(17-7-5-4-6-8-17)26-18-9-10-21-19(13-18)24(29-28-21)22(31)15-32-12-11-30(2)3;1-4-6-8-15-11-19(16(12-23)14(3)24)25-13-17(15)20-18(5-2)26-27-21(20)22(29)28-9-7-10-28;1-11-14(10-22-24-11)19-13-7-5-4-6-12(13)17-15(23-19)8-9-16-18(17)20(26-25-16)21(28)27(2)3;1-10-13(8-21-23-10)19-12-5-3-2-4-11(12)17-14(22-19)6-7-15-18(17)20(25-24-15)16(27)9-26/h9-10,12,14H,3-8,11,13H2,1-2H3,(H,26,28)(H,29,30);7,9-10,13-14H,4-6,8,11-12,15H2,1-3H3,(H,25,27)(H,28,29);5,11-13,23H,2,4,6-10,24H2,1,3H3,(H,26,27);8-10H,4-7H2,1-3H3,(H,22,24)(H,25,26);6-8,26H,2-5,9H2,1H3,(H,21,23)(H,24,25)/t14-;;;;/m1..../s1. The van der Waals surface area contributed by atoms with Gasteiger partial charge in [0, 0.05) is 164 Å². The average molecular weight is 1990 g/mol. The van der Waals surface area contributed by atoms with E-state index in [0.29, 0.717) is 63.7 Å². The van der Waals surface area contributed by atoms with Crippen molar-refractivity contribution in [3.8, 4) is 44.9 Å². The molecule has 1 atom stereocenters. The number of aromatic amines is 9. The number of ketones is 2. The van der Waals surface area contributed by atoms with Crippen molar-refractivity contribution < 1.29 is 33.8 Å². The number of nitrogens with two attached hydrogens (primary N) is 1. The molecule has 2 aliphatic heterocycles. The van der Waals surface area contributed by atoms with Crippen molar-refractivity contribution in [3.05, 3.63) is 223 Å². The molecule has 23 rings (SSSR count). The highest BCUT2D eigenvalue weighted by molar-refractivity contribution is 6.21. The Morgan fingerprint density at radius 2 is 1.05 bits per heavy atom. The number of likely N-dealkylation sites (tertiary alicyclic amines) is 2. The summed E-state index contributed by atoms with van der Waals surface area (Å²) in [7, 11) is 7.44. The predicted octanol–water partition coefficient (Wildman–Crippen LogP) is 18.4. The molecule has 4 aliphatic carbocycles. The van der Waals surface area contributed by atoms with E-state index in [1.807, 2.05) is 131 Å². The number of aromatic nitrogens is 22. The summed E-state index contributed by atoms with van der Waals surface area (Å²) in [6, 6.07) is 19.7. The lowest BCUT2D eigenvalue weighted by molar-refractivity contribution is 0.0644.